The van der Waals surface area contributed by atoms with Gasteiger partial charge in [-0.25, -0.2) is 14.4 Å². The molecule has 0 spiro atoms. The Labute approximate surface area is 159 Å². The zero-order valence-corrected chi connectivity index (χ0v) is 16.3. The molecule has 144 valence electrons. The number of piperazine rings is 1. The number of halogens is 1. The van der Waals surface area contributed by atoms with Crippen LogP contribution in [0.1, 0.15) is 37.0 Å². The first-order valence-corrected chi connectivity index (χ1v) is 9.15. The molecule has 1 aliphatic rings. The van der Waals surface area contributed by atoms with Crippen LogP contribution in [0.5, 0.6) is 0 Å². The van der Waals surface area contributed by atoms with E-state index in [0.29, 0.717) is 11.6 Å². The molecule has 0 aliphatic carbocycles. The van der Waals surface area contributed by atoms with Gasteiger partial charge in [0.15, 0.2) is 0 Å². The first-order valence-electron chi connectivity index (χ1n) is 9.15. The number of nitrogens with one attached hydrogen (secondary N) is 1. The number of hydrogen-bond donors (Lipinski definition) is 1. The van der Waals surface area contributed by atoms with Crippen molar-refractivity contribution in [3.8, 4) is 0 Å². The van der Waals surface area contributed by atoms with Crippen molar-refractivity contribution in [2.24, 2.45) is 0 Å². The quantitative estimate of drug-likeness (QED) is 0.899. The summed E-state index contributed by atoms with van der Waals surface area (Å²) in [7, 11) is 0. The molecule has 2 aromatic rings. The lowest BCUT2D eigenvalue weighted by Crippen LogP contribution is -2.47. The molecule has 1 aromatic carbocycles. The highest BCUT2D eigenvalue weighted by molar-refractivity contribution is 5.93. The highest BCUT2D eigenvalue weighted by atomic mass is 19.1. The van der Waals surface area contributed by atoms with Crippen molar-refractivity contribution < 1.29 is 9.18 Å². The van der Waals surface area contributed by atoms with Crippen LogP contribution in [-0.4, -0.2) is 47.6 Å². The molecule has 6 nitrogen and oxygen atoms in total. The van der Waals surface area contributed by atoms with Gasteiger partial charge in [0, 0.05) is 43.1 Å². The largest absolute Gasteiger partial charge is 0.368 e. The topological polar surface area (TPSA) is 61.4 Å². The maximum Gasteiger partial charge on any atom is 0.270 e. The molecule has 7 heteroatoms. The van der Waals surface area contributed by atoms with Gasteiger partial charge in [-0.2, -0.15) is 0 Å². The third-order valence-corrected chi connectivity index (χ3v) is 4.32. The van der Waals surface area contributed by atoms with Gasteiger partial charge in [0.1, 0.15) is 11.5 Å². The third kappa shape index (κ3) is 4.93. The van der Waals surface area contributed by atoms with Crippen LogP contribution < -0.4 is 15.1 Å². The van der Waals surface area contributed by atoms with Gasteiger partial charge in [0.25, 0.3) is 5.91 Å². The monoisotopic (exact) mass is 371 g/mol. The van der Waals surface area contributed by atoms with E-state index in [4.69, 9.17) is 0 Å². The van der Waals surface area contributed by atoms with Crippen molar-refractivity contribution in [1.82, 2.24) is 15.3 Å². The lowest BCUT2D eigenvalue weighted by molar-refractivity contribution is 0.0914. The maximum absolute atomic E-state index is 13.1. The summed E-state index contributed by atoms with van der Waals surface area (Å²) in [5, 5.41) is 2.94. The fourth-order valence-electron chi connectivity index (χ4n) is 3.03. The molecule has 2 heterocycles. The molecule has 1 amide bonds. The summed E-state index contributed by atoms with van der Waals surface area (Å²) in [5.74, 6) is 0.152. The summed E-state index contributed by atoms with van der Waals surface area (Å²) in [6, 6.07) is 8.25. The van der Waals surface area contributed by atoms with E-state index in [1.807, 2.05) is 27.7 Å². The Hall–Kier alpha value is -2.70. The number of hydrogen-bond acceptors (Lipinski definition) is 5. The van der Waals surface area contributed by atoms with Crippen LogP contribution >= 0.6 is 0 Å². The van der Waals surface area contributed by atoms with E-state index in [9.17, 15) is 9.18 Å². The summed E-state index contributed by atoms with van der Waals surface area (Å²) < 4.78 is 13.1. The Morgan fingerprint density at radius 2 is 1.63 bits per heavy atom. The molecule has 0 atom stereocenters. The van der Waals surface area contributed by atoms with Gasteiger partial charge in [-0.05, 0) is 58.0 Å². The maximum atomic E-state index is 13.1. The van der Waals surface area contributed by atoms with E-state index in [0.717, 1.165) is 37.6 Å². The Morgan fingerprint density at radius 3 is 2.22 bits per heavy atom. The van der Waals surface area contributed by atoms with Gasteiger partial charge in [-0.3, -0.25) is 4.79 Å². The predicted molar refractivity (Wildman–Crippen MR) is 105 cm³/mol. The predicted octanol–water partition coefficient (Wildman–Crippen LogP) is 2.78. The lowest BCUT2D eigenvalue weighted by atomic mass is 10.1. The van der Waals surface area contributed by atoms with Crippen molar-refractivity contribution in [3.63, 3.8) is 0 Å². The minimum absolute atomic E-state index is 0.195. The van der Waals surface area contributed by atoms with Crippen molar-refractivity contribution >= 4 is 17.5 Å². The number of carbonyl (C=O) groups is 1. The van der Waals surface area contributed by atoms with Gasteiger partial charge in [0.05, 0.1) is 0 Å². The molecule has 0 saturated carbocycles. The number of amides is 1. The van der Waals surface area contributed by atoms with E-state index >= 15 is 0 Å². The average Bonchev–Trinajstić information content (AvgIpc) is 2.60. The number of aryl methyl sites for hydroxylation is 1. The van der Waals surface area contributed by atoms with E-state index in [2.05, 4.69) is 25.1 Å². The van der Waals surface area contributed by atoms with Gasteiger partial charge >= 0.3 is 0 Å². The standard InChI is InChI=1S/C20H26FN5O/c1-14-13-17(18(27)24-20(2,3)4)23-19(22-14)26-11-9-25(10-12-26)16-7-5-15(21)6-8-16/h5-8,13H,9-12H2,1-4H3,(H,24,27). The third-order valence-electron chi connectivity index (χ3n) is 4.32. The Kier molecular flexibility index (Phi) is 5.30. The lowest BCUT2D eigenvalue weighted by Gasteiger charge is -2.36. The molecule has 0 radical (unpaired) electrons. The number of anilines is 2. The van der Waals surface area contributed by atoms with Gasteiger partial charge in [0.2, 0.25) is 5.95 Å². The van der Waals surface area contributed by atoms with E-state index in [1.165, 1.54) is 12.1 Å². The smallest absolute Gasteiger partial charge is 0.270 e. The number of carbonyl (C=O) groups excluding carboxylic acids is 1. The SMILES string of the molecule is Cc1cc(C(=O)NC(C)(C)C)nc(N2CCN(c3ccc(F)cc3)CC2)n1. The van der Waals surface area contributed by atoms with Crippen LogP contribution in [0.3, 0.4) is 0 Å². The first kappa shape index (κ1) is 19.1. The summed E-state index contributed by atoms with van der Waals surface area (Å²) >= 11 is 0. The Morgan fingerprint density at radius 1 is 1.04 bits per heavy atom. The Bertz CT molecular complexity index is 808. The highest BCUT2D eigenvalue weighted by Crippen LogP contribution is 2.19. The summed E-state index contributed by atoms with van der Waals surface area (Å²) in [6.45, 7) is 10.7. The van der Waals surface area contributed by atoms with E-state index in [1.54, 1.807) is 18.2 Å². The molecular formula is C20H26FN5O. The van der Waals surface area contributed by atoms with Crippen LogP contribution in [0.15, 0.2) is 30.3 Å². The van der Waals surface area contributed by atoms with Crippen molar-refractivity contribution in [3.05, 3.63) is 47.5 Å². The second kappa shape index (κ2) is 7.50. The first-order chi connectivity index (χ1) is 12.7. The average molecular weight is 371 g/mol. The molecule has 27 heavy (non-hydrogen) atoms. The van der Waals surface area contributed by atoms with Crippen LogP contribution in [0, 0.1) is 12.7 Å². The van der Waals surface area contributed by atoms with Crippen LogP contribution in [0.4, 0.5) is 16.0 Å². The summed E-state index contributed by atoms with van der Waals surface area (Å²) in [5.41, 5.74) is 1.83. The number of aromatic nitrogens is 2. The molecule has 1 aromatic heterocycles. The summed E-state index contributed by atoms with van der Waals surface area (Å²) in [4.78, 5) is 25.7. The number of rotatable bonds is 3. The minimum atomic E-state index is -0.323. The normalized spacial score (nSPS) is 15.0. The second-order valence-electron chi connectivity index (χ2n) is 7.85. The minimum Gasteiger partial charge on any atom is -0.368 e. The molecule has 0 bridgehead atoms. The zero-order valence-electron chi connectivity index (χ0n) is 16.3. The number of nitrogens with zero attached hydrogens (tertiary/aromatic N) is 4. The molecular weight excluding hydrogens is 345 g/mol. The molecule has 1 aliphatic heterocycles. The van der Waals surface area contributed by atoms with E-state index < -0.39 is 0 Å². The molecule has 1 N–H and O–H groups in total. The van der Waals surface area contributed by atoms with Crippen molar-refractivity contribution in [2.45, 2.75) is 33.2 Å². The zero-order chi connectivity index (χ0) is 19.6. The number of benzene rings is 1. The van der Waals surface area contributed by atoms with Gasteiger partial charge < -0.3 is 15.1 Å². The van der Waals surface area contributed by atoms with Crippen molar-refractivity contribution in [2.75, 3.05) is 36.0 Å². The summed E-state index contributed by atoms with van der Waals surface area (Å²) in [6.07, 6.45) is 0. The van der Waals surface area contributed by atoms with Crippen LogP contribution in [0.25, 0.3) is 0 Å². The fourth-order valence-corrected chi connectivity index (χ4v) is 3.03. The van der Waals surface area contributed by atoms with Crippen LogP contribution in [0.2, 0.25) is 0 Å². The van der Waals surface area contributed by atoms with Crippen LogP contribution in [-0.2, 0) is 0 Å². The molecule has 1 saturated heterocycles. The Balaban J connectivity index is 1.70. The van der Waals surface area contributed by atoms with Crippen molar-refractivity contribution in [1.29, 1.82) is 0 Å². The van der Waals surface area contributed by atoms with Gasteiger partial charge in [-0.1, -0.05) is 0 Å². The molecule has 1 fully saturated rings. The second-order valence-corrected chi connectivity index (χ2v) is 7.85. The van der Waals surface area contributed by atoms with Gasteiger partial charge in [-0.15, -0.1) is 0 Å². The highest BCUT2D eigenvalue weighted by Gasteiger charge is 2.22. The molecule has 0 unspecified atom stereocenters. The van der Waals surface area contributed by atoms with E-state index in [-0.39, 0.29) is 17.3 Å². The fraction of sp³-hybridized carbons (Fsp3) is 0.450. The molecule has 3 rings (SSSR count).